The lowest BCUT2D eigenvalue weighted by Gasteiger charge is -2.40. The Morgan fingerprint density at radius 1 is 0.722 bits per heavy atom. The molecule has 0 radical (unpaired) electrons. The second-order valence-corrected chi connectivity index (χ2v) is 16.2. The third-order valence-electron chi connectivity index (χ3n) is 10.9. The fourth-order valence-electron chi connectivity index (χ4n) is 7.13. The molecule has 320 valence electrons. The zero-order valence-corrected chi connectivity index (χ0v) is 34.4. The molecule has 1 fully saturated rings. The smallest absolute Gasteiger partial charge is 0.249 e. The van der Waals surface area contributed by atoms with Crippen molar-refractivity contribution in [2.75, 3.05) is 13.2 Å². The predicted molar refractivity (Wildman–Crippen MR) is 215 cm³/mol. The maximum atomic E-state index is 13.0. The van der Waals surface area contributed by atoms with Crippen molar-refractivity contribution in [3.05, 3.63) is 12.2 Å². The van der Waals surface area contributed by atoms with E-state index in [2.05, 4.69) is 19.2 Å². The molecule has 0 aromatic rings. The summed E-state index contributed by atoms with van der Waals surface area (Å²) in [5.74, 6) is -0.652. The van der Waals surface area contributed by atoms with Crippen LogP contribution in [0.1, 0.15) is 188 Å². The number of rotatable bonds is 35. The van der Waals surface area contributed by atoms with Gasteiger partial charge in [0, 0.05) is 0 Å². The van der Waals surface area contributed by atoms with E-state index in [4.69, 9.17) is 9.47 Å². The molecule has 0 bridgehead atoms. The minimum Gasteiger partial charge on any atom is -0.394 e. The van der Waals surface area contributed by atoms with Crippen LogP contribution in [0.4, 0.5) is 0 Å². The molecule has 0 spiro atoms. The molecule has 1 rings (SSSR count). The van der Waals surface area contributed by atoms with Gasteiger partial charge in [0.2, 0.25) is 5.91 Å². The monoisotopic (exact) mass is 774 g/mol. The van der Waals surface area contributed by atoms with Gasteiger partial charge < -0.3 is 50.5 Å². The number of ether oxygens (including phenoxy) is 2. The van der Waals surface area contributed by atoms with E-state index < -0.39 is 67.1 Å². The number of nitrogens with one attached hydrogen (secondary N) is 1. The fourth-order valence-corrected chi connectivity index (χ4v) is 7.13. The van der Waals surface area contributed by atoms with Crippen molar-refractivity contribution in [1.82, 2.24) is 5.32 Å². The molecule has 9 atom stereocenters. The molecule has 1 heterocycles. The van der Waals surface area contributed by atoms with Crippen LogP contribution in [0.5, 0.6) is 0 Å². The van der Waals surface area contributed by atoms with Crippen molar-refractivity contribution < 1.29 is 50.0 Å². The van der Waals surface area contributed by atoms with Crippen LogP contribution in [0, 0.1) is 0 Å². The van der Waals surface area contributed by atoms with Gasteiger partial charge in [-0.2, -0.15) is 0 Å². The van der Waals surface area contributed by atoms with Crippen LogP contribution < -0.4 is 5.32 Å². The minimum absolute atomic E-state index is 0.287. The topological polar surface area (TPSA) is 189 Å². The standard InChI is InChI=1S/C43H83NO10/c1-4-6-8-10-12-13-14-15-16-17-18-19-21-24-29-36(47)41(51)44-34(33-53-42-40(50)39(49)38(48)37(32-45)54-42)35(46)28-25-23-27-31-43(3,52)30-26-22-20-11-9-7-5-2/h25,28,34-40,42,45-50,52H,4-24,26-27,29-33H2,1-3H3,(H,44,51)/b28-25+/t34-,35+,36+,37+,38+,39-,40+,42+,43?/m0/s1. The van der Waals surface area contributed by atoms with Gasteiger partial charge >= 0.3 is 0 Å². The lowest BCUT2D eigenvalue weighted by molar-refractivity contribution is -0.302. The van der Waals surface area contributed by atoms with Crippen LogP contribution in [-0.2, 0) is 14.3 Å². The molecule has 11 heteroatoms. The van der Waals surface area contributed by atoms with Gasteiger partial charge in [0.25, 0.3) is 0 Å². The van der Waals surface area contributed by atoms with Crippen molar-refractivity contribution in [1.29, 1.82) is 0 Å². The summed E-state index contributed by atoms with van der Waals surface area (Å²) >= 11 is 0. The number of allylic oxidation sites excluding steroid dienone is 1. The summed E-state index contributed by atoms with van der Waals surface area (Å²) in [6, 6.07) is -1.03. The van der Waals surface area contributed by atoms with Crippen molar-refractivity contribution in [3.8, 4) is 0 Å². The summed E-state index contributed by atoms with van der Waals surface area (Å²) in [4.78, 5) is 13.0. The van der Waals surface area contributed by atoms with E-state index in [1.165, 1.54) is 102 Å². The Bertz CT molecular complexity index is 919. The maximum absolute atomic E-state index is 13.0. The van der Waals surface area contributed by atoms with E-state index in [1.54, 1.807) is 6.08 Å². The van der Waals surface area contributed by atoms with E-state index in [0.29, 0.717) is 25.7 Å². The average molecular weight is 774 g/mol. The molecule has 1 amide bonds. The molecule has 0 aromatic heterocycles. The number of aliphatic hydroxyl groups excluding tert-OH is 6. The van der Waals surface area contributed by atoms with Crippen molar-refractivity contribution in [2.24, 2.45) is 0 Å². The Hall–Kier alpha value is -1.15. The quantitative estimate of drug-likeness (QED) is 0.0261. The molecular weight excluding hydrogens is 690 g/mol. The van der Waals surface area contributed by atoms with Crippen LogP contribution >= 0.6 is 0 Å². The van der Waals surface area contributed by atoms with Gasteiger partial charge in [-0.1, -0.05) is 161 Å². The van der Waals surface area contributed by atoms with Gasteiger partial charge in [0.05, 0.1) is 31.0 Å². The van der Waals surface area contributed by atoms with Crippen LogP contribution in [0.15, 0.2) is 12.2 Å². The largest absolute Gasteiger partial charge is 0.394 e. The normalized spacial score (nSPS) is 23.3. The first kappa shape index (κ1) is 50.9. The molecule has 8 N–H and O–H groups in total. The Labute approximate surface area is 328 Å². The molecule has 1 aliphatic heterocycles. The van der Waals surface area contributed by atoms with Crippen molar-refractivity contribution in [2.45, 2.75) is 242 Å². The second kappa shape index (κ2) is 31.9. The summed E-state index contributed by atoms with van der Waals surface area (Å²) in [6.45, 7) is 5.36. The molecule has 0 saturated carbocycles. The van der Waals surface area contributed by atoms with Crippen molar-refractivity contribution >= 4 is 5.91 Å². The summed E-state index contributed by atoms with van der Waals surface area (Å²) < 4.78 is 11.1. The molecule has 1 aliphatic rings. The van der Waals surface area contributed by atoms with E-state index >= 15 is 0 Å². The molecule has 1 saturated heterocycles. The fraction of sp³-hybridized carbons (Fsp3) is 0.930. The summed E-state index contributed by atoms with van der Waals surface area (Å²) in [5, 5.41) is 75.4. The molecule has 0 aliphatic carbocycles. The number of amides is 1. The summed E-state index contributed by atoms with van der Waals surface area (Å²) in [6.07, 6.45) is 21.6. The predicted octanol–water partition coefficient (Wildman–Crippen LogP) is 6.50. The highest BCUT2D eigenvalue weighted by atomic mass is 16.7. The van der Waals surface area contributed by atoms with E-state index in [0.717, 1.165) is 38.5 Å². The van der Waals surface area contributed by atoms with Gasteiger partial charge in [0.1, 0.15) is 30.5 Å². The van der Waals surface area contributed by atoms with Gasteiger partial charge in [-0.05, 0) is 39.0 Å². The van der Waals surface area contributed by atoms with Gasteiger partial charge in [-0.15, -0.1) is 0 Å². The Morgan fingerprint density at radius 3 is 1.72 bits per heavy atom. The Balaban J connectivity index is 2.55. The second-order valence-electron chi connectivity index (χ2n) is 16.2. The summed E-state index contributed by atoms with van der Waals surface area (Å²) in [7, 11) is 0. The average Bonchev–Trinajstić information content (AvgIpc) is 3.15. The van der Waals surface area contributed by atoms with Crippen LogP contribution in [0.3, 0.4) is 0 Å². The first-order valence-electron chi connectivity index (χ1n) is 21.9. The minimum atomic E-state index is -1.63. The third kappa shape index (κ3) is 23.8. The highest BCUT2D eigenvalue weighted by Gasteiger charge is 2.44. The molecule has 1 unspecified atom stereocenters. The number of hydrogen-bond donors (Lipinski definition) is 8. The number of hydrogen-bond acceptors (Lipinski definition) is 10. The van der Waals surface area contributed by atoms with Gasteiger partial charge in [0.15, 0.2) is 6.29 Å². The number of carbonyl (C=O) groups excluding carboxylic acids is 1. The van der Waals surface area contributed by atoms with Gasteiger partial charge in [-0.3, -0.25) is 4.79 Å². The van der Waals surface area contributed by atoms with E-state index in [9.17, 15) is 40.5 Å². The maximum Gasteiger partial charge on any atom is 0.249 e. The number of aliphatic hydroxyl groups is 7. The SMILES string of the molecule is CCCCCCCCCCCCCCCC[C@@H](O)C(=O)N[C@@H](CO[C@@H]1O[C@H](CO)[C@@H](O)[C@H](O)[C@H]1O)[C@H](O)/C=C/CCCC(C)(O)CCCCCCCCC. The Morgan fingerprint density at radius 2 is 1.20 bits per heavy atom. The van der Waals surface area contributed by atoms with Gasteiger partial charge in [-0.25, -0.2) is 0 Å². The zero-order chi connectivity index (χ0) is 40.0. The highest BCUT2D eigenvalue weighted by molar-refractivity contribution is 5.80. The lowest BCUT2D eigenvalue weighted by atomic mass is 9.92. The van der Waals surface area contributed by atoms with E-state index in [-0.39, 0.29) is 13.0 Å². The first-order chi connectivity index (χ1) is 26.0. The first-order valence-corrected chi connectivity index (χ1v) is 21.9. The highest BCUT2D eigenvalue weighted by Crippen LogP contribution is 2.24. The number of carbonyl (C=O) groups is 1. The van der Waals surface area contributed by atoms with Crippen LogP contribution in [0.25, 0.3) is 0 Å². The molecule has 0 aromatic carbocycles. The lowest BCUT2D eigenvalue weighted by Crippen LogP contribution is -2.60. The molecular formula is C43H83NO10. The zero-order valence-electron chi connectivity index (χ0n) is 34.4. The van der Waals surface area contributed by atoms with E-state index in [1.807, 2.05) is 6.92 Å². The van der Waals surface area contributed by atoms with Crippen molar-refractivity contribution in [3.63, 3.8) is 0 Å². The van der Waals surface area contributed by atoms with Crippen LogP contribution in [0.2, 0.25) is 0 Å². The number of unbranched alkanes of at least 4 members (excludes halogenated alkanes) is 20. The molecule has 11 nitrogen and oxygen atoms in total. The van der Waals surface area contributed by atoms with Crippen LogP contribution in [-0.4, -0.2) is 109 Å². The Kier molecular flexibility index (Phi) is 30.0. The third-order valence-corrected chi connectivity index (χ3v) is 10.9. The summed E-state index contributed by atoms with van der Waals surface area (Å²) in [5.41, 5.74) is -0.755. The molecule has 54 heavy (non-hydrogen) atoms.